The average Bonchev–Trinajstić information content (AvgIpc) is 3.20. The summed E-state index contributed by atoms with van der Waals surface area (Å²) in [5.41, 5.74) is 9.68. The molecule has 0 saturated carbocycles. The summed E-state index contributed by atoms with van der Waals surface area (Å²) >= 11 is 0. The highest BCUT2D eigenvalue weighted by Crippen LogP contribution is 2.47. The highest BCUT2D eigenvalue weighted by molar-refractivity contribution is 6.04. The molecule has 2 aliphatic rings. The minimum Gasteiger partial charge on any atom is -0.463 e. The lowest BCUT2D eigenvalue weighted by atomic mass is 9.68. The van der Waals surface area contributed by atoms with Crippen molar-refractivity contribution < 1.29 is 19.1 Å². The maximum Gasteiger partial charge on any atom is 0.336 e. The molecule has 4 rings (SSSR count). The lowest BCUT2D eigenvalue weighted by Crippen LogP contribution is -2.40. The van der Waals surface area contributed by atoms with Gasteiger partial charge >= 0.3 is 5.97 Å². The van der Waals surface area contributed by atoms with E-state index in [1.165, 1.54) is 0 Å². The van der Waals surface area contributed by atoms with E-state index in [2.05, 4.69) is 24.1 Å². The first-order valence-electron chi connectivity index (χ1n) is 11.0. The lowest BCUT2D eigenvalue weighted by Gasteiger charge is -2.40. The van der Waals surface area contributed by atoms with Gasteiger partial charge in [0.1, 0.15) is 0 Å². The van der Waals surface area contributed by atoms with Crippen molar-refractivity contribution in [3.8, 4) is 0 Å². The minimum atomic E-state index is -0.537. The highest BCUT2D eigenvalue weighted by Gasteiger charge is 2.43. The number of fused-ring (bicyclic) bond motifs is 1. The average molecular weight is 439 g/mol. The zero-order chi connectivity index (χ0) is 22.9. The Morgan fingerprint density at radius 2 is 2.19 bits per heavy atom. The second-order valence-corrected chi connectivity index (χ2v) is 9.03. The number of imidazole rings is 1. The zero-order valence-corrected chi connectivity index (χ0v) is 18.8. The van der Waals surface area contributed by atoms with E-state index in [9.17, 15) is 9.59 Å². The summed E-state index contributed by atoms with van der Waals surface area (Å²) in [7, 11) is 0. The van der Waals surface area contributed by atoms with Crippen molar-refractivity contribution in [3.63, 3.8) is 0 Å². The molecule has 1 aliphatic heterocycles. The van der Waals surface area contributed by atoms with Crippen LogP contribution in [-0.2, 0) is 19.1 Å². The van der Waals surface area contributed by atoms with Crippen LogP contribution in [0.1, 0.15) is 45.1 Å². The molecule has 8 heteroatoms. The molecule has 32 heavy (non-hydrogen) atoms. The maximum atomic E-state index is 13.4. The number of hydrogen-bond donors (Lipinski definition) is 2. The van der Waals surface area contributed by atoms with Gasteiger partial charge in [-0.1, -0.05) is 13.8 Å². The van der Waals surface area contributed by atoms with Crippen molar-refractivity contribution in [2.24, 2.45) is 11.1 Å². The molecule has 2 aromatic heterocycles. The van der Waals surface area contributed by atoms with Crippen molar-refractivity contribution >= 4 is 17.3 Å². The Balaban J connectivity index is 1.89. The molecular weight excluding hydrogens is 408 g/mol. The second-order valence-electron chi connectivity index (χ2n) is 9.03. The Kier molecular flexibility index (Phi) is 6.17. The lowest BCUT2D eigenvalue weighted by molar-refractivity contribution is -0.139. The van der Waals surface area contributed by atoms with Crippen LogP contribution in [0.15, 0.2) is 53.4 Å². The summed E-state index contributed by atoms with van der Waals surface area (Å²) in [6, 6.07) is 3.90. The Morgan fingerprint density at radius 3 is 2.94 bits per heavy atom. The van der Waals surface area contributed by atoms with E-state index in [0.717, 1.165) is 16.8 Å². The van der Waals surface area contributed by atoms with Gasteiger partial charge in [-0.05, 0) is 36.5 Å². The van der Waals surface area contributed by atoms with Crippen LogP contribution in [0, 0.1) is 5.41 Å². The quantitative estimate of drug-likeness (QED) is 0.505. The Hall–Kier alpha value is -2.97. The SMILES string of the molecule is CCOC(=O)C1=C(COCCN)NC2=C(C(=O)CC(C)(C)C2)C1c1ccn2cncc2c1. The van der Waals surface area contributed by atoms with Crippen LogP contribution in [0.4, 0.5) is 0 Å². The number of Topliss-reactive ketones (excluding diaryl/α,β-unsaturated/α-hetero) is 1. The summed E-state index contributed by atoms with van der Waals surface area (Å²) in [5, 5.41) is 3.38. The van der Waals surface area contributed by atoms with E-state index in [4.69, 9.17) is 15.2 Å². The molecule has 1 atom stereocenters. The molecule has 0 bridgehead atoms. The van der Waals surface area contributed by atoms with Crippen LogP contribution in [0.3, 0.4) is 0 Å². The van der Waals surface area contributed by atoms with Gasteiger partial charge in [0.05, 0.1) is 49.1 Å². The van der Waals surface area contributed by atoms with Gasteiger partial charge < -0.3 is 24.9 Å². The number of allylic oxidation sites excluding steroid dienone is 2. The number of nitrogens with zero attached hydrogens (tertiary/aromatic N) is 2. The van der Waals surface area contributed by atoms with Gasteiger partial charge in [0.2, 0.25) is 0 Å². The molecule has 1 unspecified atom stereocenters. The number of aromatic nitrogens is 2. The smallest absolute Gasteiger partial charge is 0.336 e. The van der Waals surface area contributed by atoms with Crippen molar-refractivity contribution in [2.45, 2.75) is 39.5 Å². The summed E-state index contributed by atoms with van der Waals surface area (Å²) in [6.45, 7) is 7.10. The van der Waals surface area contributed by atoms with Gasteiger partial charge in [0, 0.05) is 36.4 Å². The van der Waals surface area contributed by atoms with Gasteiger partial charge in [-0.3, -0.25) is 4.79 Å². The van der Waals surface area contributed by atoms with Gasteiger partial charge in [-0.2, -0.15) is 0 Å². The second kappa shape index (κ2) is 8.88. The van der Waals surface area contributed by atoms with Gasteiger partial charge in [0.15, 0.2) is 5.78 Å². The number of carbonyl (C=O) groups excluding carboxylic acids is 2. The van der Waals surface area contributed by atoms with Crippen molar-refractivity contribution in [1.29, 1.82) is 0 Å². The van der Waals surface area contributed by atoms with Crippen LogP contribution in [-0.4, -0.2) is 47.5 Å². The number of ketones is 1. The largest absolute Gasteiger partial charge is 0.463 e. The fourth-order valence-electron chi connectivity index (χ4n) is 4.62. The number of dihydropyridines is 1. The van der Waals surface area contributed by atoms with Crippen LogP contribution in [0.5, 0.6) is 0 Å². The van der Waals surface area contributed by atoms with E-state index in [0.29, 0.717) is 42.8 Å². The number of rotatable bonds is 7. The predicted molar refractivity (Wildman–Crippen MR) is 120 cm³/mol. The number of carbonyl (C=O) groups is 2. The number of nitrogens with one attached hydrogen (secondary N) is 1. The number of hydrogen-bond acceptors (Lipinski definition) is 7. The van der Waals surface area contributed by atoms with E-state index in [1.807, 2.05) is 22.7 Å². The number of nitrogens with two attached hydrogens (primary N) is 1. The minimum absolute atomic E-state index is 0.0471. The summed E-state index contributed by atoms with van der Waals surface area (Å²) in [4.78, 5) is 30.8. The molecule has 170 valence electrons. The predicted octanol–water partition coefficient (Wildman–Crippen LogP) is 2.46. The molecule has 8 nitrogen and oxygen atoms in total. The van der Waals surface area contributed by atoms with E-state index < -0.39 is 11.9 Å². The summed E-state index contributed by atoms with van der Waals surface area (Å²) in [5.74, 6) is -0.940. The fourth-order valence-corrected chi connectivity index (χ4v) is 4.62. The molecule has 0 fully saturated rings. The zero-order valence-electron chi connectivity index (χ0n) is 18.8. The number of pyridine rings is 1. The molecule has 0 spiro atoms. The first-order chi connectivity index (χ1) is 15.3. The first-order valence-corrected chi connectivity index (χ1v) is 11.0. The fraction of sp³-hybridized carbons (Fsp3) is 0.458. The number of ether oxygens (including phenoxy) is 2. The molecule has 3 N–H and O–H groups in total. The van der Waals surface area contributed by atoms with Crippen molar-refractivity contribution in [3.05, 3.63) is 59.0 Å². The standard InChI is InChI=1S/C24H30N4O4/c1-4-32-23(30)22-18(13-31-8-6-25)27-17-10-24(2,3)11-19(29)21(17)20(22)15-5-7-28-14-26-12-16(28)9-15/h5,7,9,12,14,20,27H,4,6,8,10-11,13,25H2,1-3H3. The van der Waals surface area contributed by atoms with Gasteiger partial charge in [-0.25, -0.2) is 9.78 Å². The topological polar surface area (TPSA) is 108 Å². The van der Waals surface area contributed by atoms with E-state index >= 15 is 0 Å². The molecule has 0 amide bonds. The normalized spacial score (nSPS) is 20.4. The van der Waals surface area contributed by atoms with Crippen molar-refractivity contribution in [1.82, 2.24) is 14.7 Å². The number of esters is 1. The van der Waals surface area contributed by atoms with Crippen LogP contribution >= 0.6 is 0 Å². The summed E-state index contributed by atoms with van der Waals surface area (Å²) < 4.78 is 13.0. The molecule has 2 aromatic rings. The first kappa shape index (κ1) is 22.2. The summed E-state index contributed by atoms with van der Waals surface area (Å²) in [6.07, 6.45) is 6.49. The van der Waals surface area contributed by atoms with Crippen LogP contribution in [0.25, 0.3) is 5.52 Å². The highest BCUT2D eigenvalue weighted by atomic mass is 16.5. The van der Waals surface area contributed by atoms with Gasteiger partial charge in [0.25, 0.3) is 0 Å². The van der Waals surface area contributed by atoms with Crippen LogP contribution in [0.2, 0.25) is 0 Å². The Labute approximate surface area is 187 Å². The third-order valence-corrected chi connectivity index (χ3v) is 5.90. The third-order valence-electron chi connectivity index (χ3n) is 5.90. The van der Waals surface area contributed by atoms with Crippen molar-refractivity contribution in [2.75, 3.05) is 26.4 Å². The molecule has 0 radical (unpaired) electrons. The molecule has 3 heterocycles. The third kappa shape index (κ3) is 4.20. The van der Waals surface area contributed by atoms with Crippen LogP contribution < -0.4 is 11.1 Å². The van der Waals surface area contributed by atoms with E-state index in [-0.39, 0.29) is 24.4 Å². The Bertz CT molecular complexity index is 1110. The monoisotopic (exact) mass is 438 g/mol. The molecular formula is C24H30N4O4. The molecule has 0 saturated heterocycles. The van der Waals surface area contributed by atoms with Gasteiger partial charge in [-0.15, -0.1) is 0 Å². The maximum absolute atomic E-state index is 13.4. The molecule has 1 aliphatic carbocycles. The Morgan fingerprint density at radius 1 is 1.38 bits per heavy atom. The van der Waals surface area contributed by atoms with E-state index in [1.54, 1.807) is 19.4 Å². The molecule has 0 aromatic carbocycles.